The topological polar surface area (TPSA) is 157 Å². The standard InChI is InChI=1S/C14H16N10O/c1-3-24-13(9(2)19-23-24)8-17-14(25)11-4-10(7-18-21-15)5-12(6-11)20-22-16/h4-6H,3,7-8H2,1-2H3,(H,17,25). The van der Waals surface area contributed by atoms with E-state index >= 15 is 0 Å². The van der Waals surface area contributed by atoms with E-state index in [-0.39, 0.29) is 24.7 Å². The van der Waals surface area contributed by atoms with Crippen LogP contribution in [0.5, 0.6) is 0 Å². The van der Waals surface area contributed by atoms with E-state index in [2.05, 4.69) is 35.7 Å². The molecule has 1 aromatic heterocycles. The van der Waals surface area contributed by atoms with E-state index in [0.717, 1.165) is 11.4 Å². The van der Waals surface area contributed by atoms with Crippen LogP contribution in [-0.2, 0) is 19.6 Å². The molecule has 25 heavy (non-hydrogen) atoms. The normalized spacial score (nSPS) is 9.84. The number of azide groups is 2. The molecule has 2 rings (SSSR count). The van der Waals surface area contributed by atoms with Crippen LogP contribution in [0.25, 0.3) is 20.9 Å². The van der Waals surface area contributed by atoms with E-state index in [9.17, 15) is 4.79 Å². The molecule has 0 aliphatic carbocycles. The SMILES string of the molecule is CCn1nnc(C)c1CNC(=O)c1cc(CN=[N+]=[N-])cc(N=[N+]=[N-])c1. The van der Waals surface area contributed by atoms with Crippen molar-refractivity contribution in [2.24, 2.45) is 10.2 Å². The van der Waals surface area contributed by atoms with Crippen molar-refractivity contribution < 1.29 is 4.79 Å². The highest BCUT2D eigenvalue weighted by Gasteiger charge is 2.12. The average molecular weight is 340 g/mol. The second-order valence-corrected chi connectivity index (χ2v) is 5.09. The summed E-state index contributed by atoms with van der Waals surface area (Å²) < 4.78 is 1.71. The van der Waals surface area contributed by atoms with Gasteiger partial charge in [0, 0.05) is 27.6 Å². The van der Waals surface area contributed by atoms with Crippen LogP contribution >= 0.6 is 0 Å². The number of carbonyl (C=O) groups excluding carboxylic acids is 1. The maximum absolute atomic E-state index is 12.4. The zero-order chi connectivity index (χ0) is 18.2. The molecule has 0 atom stereocenters. The van der Waals surface area contributed by atoms with Crippen molar-refractivity contribution in [3.05, 3.63) is 61.6 Å². The van der Waals surface area contributed by atoms with Gasteiger partial charge in [0.25, 0.3) is 5.91 Å². The number of aromatic nitrogens is 3. The van der Waals surface area contributed by atoms with Crippen LogP contribution in [-0.4, -0.2) is 20.9 Å². The lowest BCUT2D eigenvalue weighted by Gasteiger charge is -2.09. The lowest BCUT2D eigenvalue weighted by molar-refractivity contribution is 0.0950. The maximum atomic E-state index is 12.4. The van der Waals surface area contributed by atoms with Crippen LogP contribution < -0.4 is 5.32 Å². The van der Waals surface area contributed by atoms with E-state index in [1.165, 1.54) is 6.07 Å². The molecule has 128 valence electrons. The van der Waals surface area contributed by atoms with Gasteiger partial charge in [0.1, 0.15) is 0 Å². The van der Waals surface area contributed by atoms with Crippen molar-refractivity contribution in [2.45, 2.75) is 33.5 Å². The zero-order valence-corrected chi connectivity index (χ0v) is 13.8. The van der Waals surface area contributed by atoms with Gasteiger partial charge in [-0.05, 0) is 48.7 Å². The fourth-order valence-corrected chi connectivity index (χ4v) is 2.28. The first-order valence-corrected chi connectivity index (χ1v) is 7.46. The number of carbonyl (C=O) groups is 1. The summed E-state index contributed by atoms with van der Waals surface area (Å²) in [4.78, 5) is 17.8. The van der Waals surface area contributed by atoms with E-state index in [4.69, 9.17) is 11.1 Å². The first kappa shape index (κ1) is 17.8. The first-order chi connectivity index (χ1) is 12.1. The van der Waals surface area contributed by atoms with Gasteiger partial charge in [-0.25, -0.2) is 4.68 Å². The monoisotopic (exact) mass is 340 g/mol. The Morgan fingerprint density at radius 3 is 2.80 bits per heavy atom. The molecule has 0 radical (unpaired) electrons. The number of hydrogen-bond acceptors (Lipinski definition) is 5. The molecule has 0 bridgehead atoms. The smallest absolute Gasteiger partial charge is 0.251 e. The van der Waals surface area contributed by atoms with Gasteiger partial charge in [0.2, 0.25) is 0 Å². The Bertz CT molecular complexity index is 874. The number of amides is 1. The Kier molecular flexibility index (Phi) is 5.94. The van der Waals surface area contributed by atoms with Crippen molar-refractivity contribution in [2.75, 3.05) is 0 Å². The molecule has 0 fully saturated rings. The van der Waals surface area contributed by atoms with Crippen molar-refractivity contribution in [1.29, 1.82) is 0 Å². The number of hydrogen-bond donors (Lipinski definition) is 1. The molecule has 1 amide bonds. The van der Waals surface area contributed by atoms with Crippen LogP contribution in [0, 0.1) is 6.92 Å². The zero-order valence-electron chi connectivity index (χ0n) is 13.8. The Balaban J connectivity index is 2.22. The van der Waals surface area contributed by atoms with Gasteiger partial charge in [0.15, 0.2) is 0 Å². The maximum Gasteiger partial charge on any atom is 0.251 e. The van der Waals surface area contributed by atoms with Gasteiger partial charge in [-0.3, -0.25) is 4.79 Å². The Hall–Kier alpha value is -3.55. The Morgan fingerprint density at radius 1 is 1.32 bits per heavy atom. The molecular formula is C14H16N10O. The largest absolute Gasteiger partial charge is 0.346 e. The number of aryl methyl sites for hydroxylation is 2. The quantitative estimate of drug-likeness (QED) is 0.466. The first-order valence-electron chi connectivity index (χ1n) is 7.46. The molecule has 0 aliphatic rings. The number of nitrogens with one attached hydrogen (secondary N) is 1. The fraction of sp³-hybridized carbons (Fsp3) is 0.357. The third-order valence-electron chi connectivity index (χ3n) is 3.46. The van der Waals surface area contributed by atoms with E-state index in [1.54, 1.807) is 16.8 Å². The molecule has 0 spiro atoms. The van der Waals surface area contributed by atoms with Gasteiger partial charge in [-0.15, -0.1) is 5.10 Å². The number of benzene rings is 1. The summed E-state index contributed by atoms with van der Waals surface area (Å²) in [6.07, 6.45) is 0. The lowest BCUT2D eigenvalue weighted by Crippen LogP contribution is -2.25. The minimum atomic E-state index is -0.347. The predicted octanol–water partition coefficient (Wildman–Crippen LogP) is 3.29. The van der Waals surface area contributed by atoms with Crippen LogP contribution in [0.1, 0.15) is 34.2 Å². The minimum absolute atomic E-state index is 0.0528. The second kappa shape index (κ2) is 8.34. The van der Waals surface area contributed by atoms with Crippen LogP contribution in [0.3, 0.4) is 0 Å². The molecule has 11 heteroatoms. The second-order valence-electron chi connectivity index (χ2n) is 5.09. The van der Waals surface area contributed by atoms with Crippen LogP contribution in [0.2, 0.25) is 0 Å². The molecule has 2 aromatic rings. The molecule has 0 saturated carbocycles. The van der Waals surface area contributed by atoms with Crippen LogP contribution in [0.15, 0.2) is 28.4 Å². The van der Waals surface area contributed by atoms with Gasteiger partial charge in [-0.1, -0.05) is 15.4 Å². The van der Waals surface area contributed by atoms with Gasteiger partial charge < -0.3 is 5.32 Å². The van der Waals surface area contributed by atoms with Crippen molar-refractivity contribution in [3.63, 3.8) is 0 Å². The molecule has 1 heterocycles. The highest BCUT2D eigenvalue weighted by atomic mass is 16.1. The predicted molar refractivity (Wildman–Crippen MR) is 89.7 cm³/mol. The number of nitrogens with zero attached hydrogens (tertiary/aromatic N) is 9. The molecule has 1 aromatic carbocycles. The third-order valence-corrected chi connectivity index (χ3v) is 3.46. The van der Waals surface area contributed by atoms with Gasteiger partial charge in [0.05, 0.1) is 24.5 Å². The summed E-state index contributed by atoms with van der Waals surface area (Å²) in [5.74, 6) is -0.347. The van der Waals surface area contributed by atoms with Crippen molar-refractivity contribution >= 4 is 11.6 Å². The highest BCUT2D eigenvalue weighted by molar-refractivity contribution is 5.95. The molecular weight excluding hydrogens is 324 g/mol. The lowest BCUT2D eigenvalue weighted by atomic mass is 10.1. The molecule has 0 saturated heterocycles. The summed E-state index contributed by atoms with van der Waals surface area (Å²) in [6.45, 7) is 4.72. The molecule has 0 unspecified atom stereocenters. The summed E-state index contributed by atoms with van der Waals surface area (Å²) in [5, 5.41) is 17.7. The van der Waals surface area contributed by atoms with Crippen molar-refractivity contribution in [1.82, 2.24) is 20.3 Å². The third kappa shape index (κ3) is 4.47. The minimum Gasteiger partial charge on any atom is -0.346 e. The Morgan fingerprint density at radius 2 is 2.12 bits per heavy atom. The van der Waals surface area contributed by atoms with Gasteiger partial charge in [-0.2, -0.15) is 0 Å². The Labute approximate surface area is 142 Å². The summed E-state index contributed by atoms with van der Waals surface area (Å²) in [6, 6.07) is 4.62. The average Bonchev–Trinajstić information content (AvgIpc) is 2.97. The summed E-state index contributed by atoms with van der Waals surface area (Å²) in [5.41, 5.74) is 19.7. The van der Waals surface area contributed by atoms with E-state index in [1.807, 2.05) is 13.8 Å². The van der Waals surface area contributed by atoms with Gasteiger partial charge >= 0.3 is 0 Å². The molecule has 11 nitrogen and oxygen atoms in total. The van der Waals surface area contributed by atoms with Crippen molar-refractivity contribution in [3.8, 4) is 0 Å². The number of rotatable bonds is 7. The highest BCUT2D eigenvalue weighted by Crippen LogP contribution is 2.19. The van der Waals surface area contributed by atoms with E-state index in [0.29, 0.717) is 17.7 Å². The van der Waals surface area contributed by atoms with E-state index < -0.39 is 0 Å². The molecule has 0 aliphatic heterocycles. The summed E-state index contributed by atoms with van der Waals surface area (Å²) >= 11 is 0. The molecule has 1 N–H and O–H groups in total. The summed E-state index contributed by atoms with van der Waals surface area (Å²) in [7, 11) is 0. The fourth-order valence-electron chi connectivity index (χ4n) is 2.28. The van der Waals surface area contributed by atoms with Crippen LogP contribution in [0.4, 0.5) is 5.69 Å².